The summed E-state index contributed by atoms with van der Waals surface area (Å²) in [6.07, 6.45) is -0.654. The number of esters is 1. The molecule has 3 aromatic heterocycles. The molecule has 0 saturated heterocycles. The van der Waals surface area contributed by atoms with E-state index < -0.39 is 12.1 Å². The number of carbonyl (C=O) groups excluding carboxylic acids is 1. The lowest BCUT2D eigenvalue weighted by Gasteiger charge is -2.12. The molecule has 0 aromatic carbocycles. The third kappa shape index (κ3) is 2.87. The molecule has 0 aliphatic carbocycles. The monoisotopic (exact) mass is 363 g/mol. The van der Waals surface area contributed by atoms with Gasteiger partial charge in [-0.3, -0.25) is 4.79 Å². The number of aryl methyl sites for hydroxylation is 4. The summed E-state index contributed by atoms with van der Waals surface area (Å²) in [5.74, 6) is -0.104. The molecule has 1 N–H and O–H groups in total. The van der Waals surface area contributed by atoms with E-state index in [9.17, 15) is 9.59 Å². The fraction of sp³-hybridized carbons (Fsp3) is 0.375. The molecule has 8 heteroatoms. The van der Waals surface area contributed by atoms with Crippen molar-refractivity contribution in [2.45, 2.75) is 40.7 Å². The van der Waals surface area contributed by atoms with Crippen molar-refractivity contribution in [3.05, 3.63) is 42.2 Å². The van der Waals surface area contributed by atoms with Gasteiger partial charge in [0.2, 0.25) is 0 Å². The number of thiophene rings is 1. The summed E-state index contributed by atoms with van der Waals surface area (Å²) in [4.78, 5) is 38.2. The molecule has 3 rings (SSSR count). The van der Waals surface area contributed by atoms with Crippen LogP contribution < -0.4 is 5.56 Å². The molecule has 0 bridgehead atoms. The summed E-state index contributed by atoms with van der Waals surface area (Å²) in [6, 6.07) is 0. The topological polar surface area (TPSA) is 84.9 Å². The van der Waals surface area contributed by atoms with Crippen LogP contribution >= 0.6 is 22.7 Å². The average molecular weight is 363 g/mol. The minimum absolute atomic E-state index is 0.204. The minimum atomic E-state index is -0.654. The zero-order chi connectivity index (χ0) is 17.6. The Morgan fingerprint density at radius 1 is 1.17 bits per heavy atom. The average Bonchev–Trinajstić information content (AvgIpc) is 2.98. The van der Waals surface area contributed by atoms with Gasteiger partial charge in [-0.15, -0.1) is 22.7 Å². The van der Waals surface area contributed by atoms with Crippen LogP contribution in [0.4, 0.5) is 0 Å². The lowest BCUT2D eigenvalue weighted by Crippen LogP contribution is -2.17. The molecule has 0 radical (unpaired) electrons. The number of fused-ring (bicyclic) bond motifs is 1. The molecular formula is C16H17N3O3S2. The summed E-state index contributed by atoms with van der Waals surface area (Å²) >= 11 is 2.76. The lowest BCUT2D eigenvalue weighted by atomic mass is 10.2. The van der Waals surface area contributed by atoms with Crippen molar-refractivity contribution in [3.63, 3.8) is 0 Å². The van der Waals surface area contributed by atoms with Gasteiger partial charge in [0.1, 0.15) is 9.71 Å². The highest BCUT2D eigenvalue weighted by atomic mass is 32.1. The van der Waals surface area contributed by atoms with Gasteiger partial charge in [-0.05, 0) is 40.2 Å². The molecule has 1 atom stereocenters. The highest BCUT2D eigenvalue weighted by molar-refractivity contribution is 7.18. The molecule has 0 spiro atoms. The Kier molecular flexibility index (Phi) is 4.27. The molecule has 3 aromatic rings. The first-order valence-electron chi connectivity index (χ1n) is 7.43. The summed E-state index contributed by atoms with van der Waals surface area (Å²) < 4.78 is 5.46. The Hall–Kier alpha value is -2.06. The molecule has 3 heterocycles. The molecule has 6 nitrogen and oxygen atoms in total. The van der Waals surface area contributed by atoms with Crippen LogP contribution in [0.3, 0.4) is 0 Å². The number of H-pyrrole nitrogens is 1. The number of carbonyl (C=O) groups is 1. The predicted octanol–water partition coefficient (Wildman–Crippen LogP) is 3.59. The summed E-state index contributed by atoms with van der Waals surface area (Å²) in [5.41, 5.74) is 1.39. The largest absolute Gasteiger partial charge is 0.450 e. The summed E-state index contributed by atoms with van der Waals surface area (Å²) in [6.45, 7) is 9.17. The number of ether oxygens (including phenoxy) is 1. The van der Waals surface area contributed by atoms with Crippen LogP contribution in [0.25, 0.3) is 10.2 Å². The first-order valence-corrected chi connectivity index (χ1v) is 9.06. The highest BCUT2D eigenvalue weighted by Crippen LogP contribution is 2.27. The van der Waals surface area contributed by atoms with E-state index in [0.717, 1.165) is 15.4 Å². The van der Waals surface area contributed by atoms with Gasteiger partial charge in [0, 0.05) is 4.88 Å². The first kappa shape index (κ1) is 16.8. The maximum absolute atomic E-state index is 12.3. The van der Waals surface area contributed by atoms with Gasteiger partial charge in [0.25, 0.3) is 5.56 Å². The Bertz CT molecular complexity index is 1000. The van der Waals surface area contributed by atoms with E-state index in [1.54, 1.807) is 13.8 Å². The molecule has 0 unspecified atom stereocenters. The van der Waals surface area contributed by atoms with Crippen molar-refractivity contribution in [2.75, 3.05) is 0 Å². The van der Waals surface area contributed by atoms with E-state index in [1.165, 1.54) is 22.7 Å². The quantitative estimate of drug-likeness (QED) is 0.719. The van der Waals surface area contributed by atoms with E-state index in [-0.39, 0.29) is 5.56 Å². The SMILES string of the molecule is Cc1nc(C)c(C(=O)O[C@@H](C)c2nc3sc(C)c(C)c3c(=O)[nH]2)s1. The van der Waals surface area contributed by atoms with Crippen LogP contribution in [0.15, 0.2) is 4.79 Å². The van der Waals surface area contributed by atoms with E-state index >= 15 is 0 Å². The molecule has 0 saturated carbocycles. The van der Waals surface area contributed by atoms with Crippen LogP contribution in [0, 0.1) is 27.7 Å². The second kappa shape index (κ2) is 6.10. The molecule has 0 amide bonds. The van der Waals surface area contributed by atoms with Gasteiger partial charge in [-0.1, -0.05) is 0 Å². The normalized spacial score (nSPS) is 12.5. The minimum Gasteiger partial charge on any atom is -0.450 e. The van der Waals surface area contributed by atoms with Crippen LogP contribution in [-0.2, 0) is 4.74 Å². The van der Waals surface area contributed by atoms with E-state index in [1.807, 2.05) is 20.8 Å². The molecule has 24 heavy (non-hydrogen) atoms. The van der Waals surface area contributed by atoms with Gasteiger partial charge in [0.05, 0.1) is 16.1 Å². The molecular weight excluding hydrogens is 346 g/mol. The Balaban J connectivity index is 1.91. The van der Waals surface area contributed by atoms with Gasteiger partial charge in [0.15, 0.2) is 11.9 Å². The number of hydrogen-bond acceptors (Lipinski definition) is 7. The van der Waals surface area contributed by atoms with E-state index in [4.69, 9.17) is 4.74 Å². The Morgan fingerprint density at radius 3 is 2.50 bits per heavy atom. The smallest absolute Gasteiger partial charge is 0.350 e. The molecule has 0 aliphatic heterocycles. The third-order valence-corrected chi connectivity index (χ3v) is 5.97. The van der Waals surface area contributed by atoms with Crippen molar-refractivity contribution in [1.29, 1.82) is 0 Å². The number of aromatic nitrogens is 3. The predicted molar refractivity (Wildman–Crippen MR) is 95.1 cm³/mol. The third-order valence-electron chi connectivity index (χ3n) is 3.82. The number of rotatable bonds is 3. The molecule has 0 aliphatic rings. The fourth-order valence-electron chi connectivity index (χ4n) is 2.45. The zero-order valence-electron chi connectivity index (χ0n) is 14.0. The van der Waals surface area contributed by atoms with Crippen molar-refractivity contribution in [3.8, 4) is 0 Å². The van der Waals surface area contributed by atoms with Crippen molar-refractivity contribution >= 4 is 38.9 Å². The fourth-order valence-corrected chi connectivity index (χ4v) is 4.29. The van der Waals surface area contributed by atoms with Crippen LogP contribution in [-0.4, -0.2) is 20.9 Å². The summed E-state index contributed by atoms with van der Waals surface area (Å²) in [7, 11) is 0. The van der Waals surface area contributed by atoms with E-state index in [0.29, 0.717) is 26.6 Å². The Morgan fingerprint density at radius 2 is 1.88 bits per heavy atom. The maximum Gasteiger partial charge on any atom is 0.350 e. The standard InChI is InChI=1S/C16H17N3O3S2/c1-6-9(4)23-15-11(6)14(20)18-13(19-15)8(3)22-16(21)12-7(2)17-10(5)24-12/h8H,1-5H3,(H,18,19,20)/t8-/m0/s1. The zero-order valence-corrected chi connectivity index (χ0v) is 15.6. The first-order chi connectivity index (χ1) is 11.3. The van der Waals surface area contributed by atoms with Gasteiger partial charge in [-0.2, -0.15) is 0 Å². The van der Waals surface area contributed by atoms with Crippen molar-refractivity contribution < 1.29 is 9.53 Å². The van der Waals surface area contributed by atoms with Crippen molar-refractivity contribution in [2.24, 2.45) is 0 Å². The highest BCUT2D eigenvalue weighted by Gasteiger charge is 2.21. The second-order valence-corrected chi connectivity index (χ2v) is 8.02. The van der Waals surface area contributed by atoms with E-state index in [2.05, 4.69) is 15.0 Å². The van der Waals surface area contributed by atoms with Crippen LogP contribution in [0.2, 0.25) is 0 Å². The van der Waals surface area contributed by atoms with Gasteiger partial charge in [-0.25, -0.2) is 14.8 Å². The van der Waals surface area contributed by atoms with Gasteiger partial charge >= 0.3 is 5.97 Å². The number of nitrogens with one attached hydrogen (secondary N) is 1. The van der Waals surface area contributed by atoms with Crippen molar-refractivity contribution in [1.82, 2.24) is 15.0 Å². The lowest BCUT2D eigenvalue weighted by molar-refractivity contribution is 0.0325. The van der Waals surface area contributed by atoms with Gasteiger partial charge < -0.3 is 9.72 Å². The molecule has 0 fully saturated rings. The summed E-state index contributed by atoms with van der Waals surface area (Å²) in [5, 5.41) is 1.42. The maximum atomic E-state index is 12.3. The second-order valence-electron chi connectivity index (χ2n) is 5.61. The Labute approximate surface area is 146 Å². The number of hydrogen-bond donors (Lipinski definition) is 1. The number of thiazole rings is 1. The molecule has 126 valence electrons. The van der Waals surface area contributed by atoms with Crippen LogP contribution in [0.5, 0.6) is 0 Å². The van der Waals surface area contributed by atoms with Crippen LogP contribution in [0.1, 0.15) is 49.7 Å². The number of aromatic amines is 1. The number of nitrogens with zero attached hydrogens (tertiary/aromatic N) is 2.